The number of hydrogen-bond acceptors (Lipinski definition) is 5. The van der Waals surface area contributed by atoms with Crippen molar-refractivity contribution in [2.45, 2.75) is 26.4 Å². The van der Waals surface area contributed by atoms with Gasteiger partial charge in [-0.1, -0.05) is 0 Å². The first-order valence-electron chi connectivity index (χ1n) is 5.53. The Kier molecular flexibility index (Phi) is 3.46. The van der Waals surface area contributed by atoms with Crippen molar-refractivity contribution in [3.05, 3.63) is 41.7 Å². The summed E-state index contributed by atoms with van der Waals surface area (Å²) in [6.07, 6.45) is 3.49. The number of aryl methyl sites for hydroxylation is 2. The largest absolute Gasteiger partial charge is 0.270 e. The normalized spacial score (nSPS) is 12.6. The van der Waals surface area contributed by atoms with Crippen LogP contribution in [0.3, 0.4) is 0 Å². The summed E-state index contributed by atoms with van der Waals surface area (Å²) in [5, 5.41) is 4.23. The second-order valence-electron chi connectivity index (χ2n) is 3.70. The van der Waals surface area contributed by atoms with Crippen LogP contribution in [0.5, 0.6) is 0 Å². The van der Waals surface area contributed by atoms with Gasteiger partial charge in [0.1, 0.15) is 11.9 Å². The SMILES string of the molecule is CCn1nccc1C(NN)c1ccnc(C)n1. The van der Waals surface area contributed by atoms with Gasteiger partial charge in [0, 0.05) is 18.9 Å². The van der Waals surface area contributed by atoms with Gasteiger partial charge in [0.05, 0.1) is 11.4 Å². The molecular weight excluding hydrogens is 216 g/mol. The van der Waals surface area contributed by atoms with Crippen LogP contribution < -0.4 is 11.3 Å². The van der Waals surface area contributed by atoms with Crippen LogP contribution in [0.15, 0.2) is 24.5 Å². The Hall–Kier alpha value is -1.79. The van der Waals surface area contributed by atoms with E-state index in [0.717, 1.165) is 23.8 Å². The van der Waals surface area contributed by atoms with Gasteiger partial charge in [-0.3, -0.25) is 10.5 Å². The highest BCUT2D eigenvalue weighted by Gasteiger charge is 2.17. The fraction of sp³-hybridized carbons (Fsp3) is 0.364. The van der Waals surface area contributed by atoms with E-state index in [0.29, 0.717) is 0 Å². The van der Waals surface area contributed by atoms with Gasteiger partial charge in [-0.2, -0.15) is 5.10 Å². The lowest BCUT2D eigenvalue weighted by molar-refractivity contribution is 0.534. The molecule has 0 saturated heterocycles. The maximum Gasteiger partial charge on any atom is 0.125 e. The van der Waals surface area contributed by atoms with Crippen LogP contribution in [0.1, 0.15) is 30.2 Å². The van der Waals surface area contributed by atoms with Gasteiger partial charge in [0.25, 0.3) is 0 Å². The van der Waals surface area contributed by atoms with Crippen molar-refractivity contribution in [1.82, 2.24) is 25.2 Å². The fourth-order valence-corrected chi connectivity index (χ4v) is 1.81. The number of aromatic nitrogens is 4. The molecule has 6 heteroatoms. The van der Waals surface area contributed by atoms with Crippen molar-refractivity contribution in [3.8, 4) is 0 Å². The van der Waals surface area contributed by atoms with Crippen molar-refractivity contribution < 1.29 is 0 Å². The molecule has 0 spiro atoms. The average Bonchev–Trinajstić information content (AvgIpc) is 2.78. The first-order chi connectivity index (χ1) is 8.26. The van der Waals surface area contributed by atoms with E-state index in [-0.39, 0.29) is 6.04 Å². The van der Waals surface area contributed by atoms with Crippen LogP contribution in [-0.4, -0.2) is 19.7 Å². The second kappa shape index (κ2) is 5.03. The van der Waals surface area contributed by atoms with Crippen molar-refractivity contribution in [1.29, 1.82) is 0 Å². The third-order valence-electron chi connectivity index (χ3n) is 2.60. The molecule has 0 aromatic carbocycles. The summed E-state index contributed by atoms with van der Waals surface area (Å²) in [4.78, 5) is 8.46. The summed E-state index contributed by atoms with van der Waals surface area (Å²) in [6, 6.07) is 3.62. The number of nitrogens with two attached hydrogens (primary N) is 1. The molecule has 0 bridgehead atoms. The van der Waals surface area contributed by atoms with Gasteiger partial charge in [-0.15, -0.1) is 0 Å². The predicted molar refractivity (Wildman–Crippen MR) is 63.8 cm³/mol. The highest BCUT2D eigenvalue weighted by molar-refractivity contribution is 5.20. The molecule has 2 heterocycles. The third-order valence-corrected chi connectivity index (χ3v) is 2.60. The van der Waals surface area contributed by atoms with Crippen LogP contribution in [0.2, 0.25) is 0 Å². The number of nitrogens with one attached hydrogen (secondary N) is 1. The third kappa shape index (κ3) is 2.32. The van der Waals surface area contributed by atoms with E-state index in [4.69, 9.17) is 5.84 Å². The lowest BCUT2D eigenvalue weighted by Crippen LogP contribution is -2.31. The maximum absolute atomic E-state index is 5.62. The van der Waals surface area contributed by atoms with Crippen LogP contribution in [0.4, 0.5) is 0 Å². The minimum Gasteiger partial charge on any atom is -0.270 e. The number of nitrogens with zero attached hydrogens (tertiary/aromatic N) is 4. The lowest BCUT2D eigenvalue weighted by Gasteiger charge is -2.16. The molecule has 0 aliphatic carbocycles. The molecular formula is C11H16N6. The summed E-state index contributed by atoms with van der Waals surface area (Å²) in [5.41, 5.74) is 4.61. The smallest absolute Gasteiger partial charge is 0.125 e. The van der Waals surface area contributed by atoms with E-state index < -0.39 is 0 Å². The van der Waals surface area contributed by atoms with E-state index >= 15 is 0 Å². The fourth-order valence-electron chi connectivity index (χ4n) is 1.81. The molecule has 0 amide bonds. The highest BCUT2D eigenvalue weighted by Crippen LogP contribution is 2.18. The molecule has 0 radical (unpaired) electrons. The predicted octanol–water partition coefficient (Wildman–Crippen LogP) is 0.554. The van der Waals surface area contributed by atoms with Crippen molar-refractivity contribution in [3.63, 3.8) is 0 Å². The molecule has 2 rings (SSSR count). The maximum atomic E-state index is 5.62. The van der Waals surface area contributed by atoms with Crippen molar-refractivity contribution >= 4 is 0 Å². The monoisotopic (exact) mass is 232 g/mol. The molecule has 2 aromatic rings. The molecule has 0 fully saturated rings. The second-order valence-corrected chi connectivity index (χ2v) is 3.70. The van der Waals surface area contributed by atoms with Crippen LogP contribution >= 0.6 is 0 Å². The van der Waals surface area contributed by atoms with Gasteiger partial charge in [0.15, 0.2) is 0 Å². The standard InChI is InChI=1S/C11H16N6/c1-3-17-10(5-7-14-17)11(16-12)9-4-6-13-8(2)15-9/h4-7,11,16H,3,12H2,1-2H3. The van der Waals surface area contributed by atoms with Gasteiger partial charge in [0.2, 0.25) is 0 Å². The molecule has 90 valence electrons. The van der Waals surface area contributed by atoms with E-state index in [2.05, 4.69) is 20.5 Å². The molecule has 17 heavy (non-hydrogen) atoms. The van der Waals surface area contributed by atoms with Gasteiger partial charge < -0.3 is 0 Å². The van der Waals surface area contributed by atoms with Crippen molar-refractivity contribution in [2.75, 3.05) is 0 Å². The summed E-state index contributed by atoms with van der Waals surface area (Å²) in [6.45, 7) is 4.69. The Balaban J connectivity index is 2.40. The summed E-state index contributed by atoms with van der Waals surface area (Å²) in [7, 11) is 0. The zero-order chi connectivity index (χ0) is 12.3. The Bertz CT molecular complexity index is 492. The molecule has 6 nitrogen and oxygen atoms in total. The topological polar surface area (TPSA) is 81.7 Å². The number of hydrogen-bond donors (Lipinski definition) is 2. The molecule has 2 aromatic heterocycles. The molecule has 1 atom stereocenters. The van der Waals surface area contributed by atoms with E-state index in [1.165, 1.54) is 0 Å². The minimum absolute atomic E-state index is 0.167. The van der Waals surface area contributed by atoms with E-state index in [1.807, 2.05) is 30.7 Å². The quantitative estimate of drug-likeness (QED) is 0.594. The number of rotatable bonds is 4. The summed E-state index contributed by atoms with van der Waals surface area (Å²) >= 11 is 0. The van der Waals surface area contributed by atoms with Crippen molar-refractivity contribution in [2.24, 2.45) is 5.84 Å². The first-order valence-corrected chi connectivity index (χ1v) is 5.53. The van der Waals surface area contributed by atoms with Crippen LogP contribution in [-0.2, 0) is 6.54 Å². The minimum atomic E-state index is -0.167. The van der Waals surface area contributed by atoms with Gasteiger partial charge in [-0.25, -0.2) is 15.4 Å². The average molecular weight is 232 g/mol. The highest BCUT2D eigenvalue weighted by atomic mass is 15.3. The van der Waals surface area contributed by atoms with Gasteiger partial charge >= 0.3 is 0 Å². The molecule has 0 aliphatic heterocycles. The zero-order valence-corrected chi connectivity index (χ0v) is 9.96. The Morgan fingerprint density at radius 2 is 2.24 bits per heavy atom. The molecule has 0 aliphatic rings. The Morgan fingerprint density at radius 3 is 2.88 bits per heavy atom. The van der Waals surface area contributed by atoms with Crippen LogP contribution in [0.25, 0.3) is 0 Å². The summed E-state index contributed by atoms with van der Waals surface area (Å²) in [5.74, 6) is 6.35. The number of hydrazine groups is 1. The Morgan fingerprint density at radius 1 is 1.41 bits per heavy atom. The lowest BCUT2D eigenvalue weighted by atomic mass is 10.1. The first kappa shape index (κ1) is 11.7. The van der Waals surface area contributed by atoms with E-state index in [1.54, 1.807) is 12.4 Å². The molecule has 3 N–H and O–H groups in total. The summed E-state index contributed by atoms with van der Waals surface area (Å²) < 4.78 is 1.89. The van der Waals surface area contributed by atoms with E-state index in [9.17, 15) is 0 Å². The molecule has 1 unspecified atom stereocenters. The van der Waals surface area contributed by atoms with Gasteiger partial charge in [-0.05, 0) is 26.0 Å². The molecule has 0 saturated carbocycles. The zero-order valence-electron chi connectivity index (χ0n) is 9.96. The van der Waals surface area contributed by atoms with Crippen LogP contribution in [0, 0.1) is 6.92 Å². The Labute approximate surface area is 99.9 Å².